The van der Waals surface area contributed by atoms with E-state index >= 15 is 0 Å². The van der Waals surface area contributed by atoms with Crippen LogP contribution in [0.15, 0.2) is 195 Å². The SMILES string of the molecule is C.CCOC(=O)c1nnc(-c2ccccn2)s1.Cc1ccc(C(C)n2cc(N)c(C)n2)c(C(F)(F)F)c1.Cc1nn(C(C)c2ccc(C(F)(F)F)cc2C(F)(F)F)cc1NC(=O)c1nnc(-c2ccccn2)s1.Cc1nn([C@@H](C)c2ccc(C(F)(F)F)cc2C(F)(F)F)cc1NC(=O)c1nnc(-c2ccccn2)s1.Cc1nn([C@H](C)c2ccc(C(F)(F)F)cc2C(F)(F)F)cc1NC(=O)c1nnc(-c2ccccn2)s1. The van der Waals surface area contributed by atoms with Crippen molar-refractivity contribution in [3.8, 4) is 42.8 Å². The third-order valence-corrected chi connectivity index (χ3v) is 24.4. The fourth-order valence-electron chi connectivity index (χ4n) is 13.3. The molecule has 16 rings (SSSR count). The predicted octanol–water partition coefficient (Wildman–Crippen LogP) is 24.1. The van der Waals surface area contributed by atoms with Crippen LogP contribution in [0.2, 0.25) is 0 Å². The lowest BCUT2D eigenvalue weighted by Gasteiger charge is -2.20. The molecule has 0 spiro atoms. The van der Waals surface area contributed by atoms with E-state index in [4.69, 9.17) is 10.5 Å². The highest BCUT2D eigenvalue weighted by atomic mass is 32.1. The zero-order valence-electron chi connectivity index (χ0n) is 75.6. The number of halogens is 21. The molecule has 12 aromatic heterocycles. The van der Waals surface area contributed by atoms with Crippen LogP contribution in [0, 0.1) is 34.6 Å². The Morgan fingerprint density at radius 3 is 0.841 bits per heavy atom. The number of hydrogen-bond acceptors (Lipinski definition) is 26. The number of aryl methyl sites for hydroxylation is 5. The average Bonchev–Trinajstić information content (AvgIpc) is 1.71. The number of aromatic nitrogens is 20. The maximum Gasteiger partial charge on any atom is 0.416 e. The molecular weight excluding hydrogens is 2040 g/mol. The van der Waals surface area contributed by atoms with Crippen LogP contribution in [-0.4, -0.2) is 130 Å². The number of benzene rings is 4. The number of nitrogens with one attached hydrogen (secondary N) is 3. The summed E-state index contributed by atoms with van der Waals surface area (Å²) in [4.78, 5) is 65.9. The zero-order valence-corrected chi connectivity index (χ0v) is 78.9. The third-order valence-electron chi connectivity index (χ3n) is 20.7. The van der Waals surface area contributed by atoms with E-state index in [9.17, 15) is 111 Å². The van der Waals surface area contributed by atoms with Crippen molar-refractivity contribution in [3.63, 3.8) is 0 Å². The monoisotopic (exact) mass is 2110 g/mol. The molecule has 54 heteroatoms. The summed E-state index contributed by atoms with van der Waals surface area (Å²) in [5, 5.41) is 57.6. The number of esters is 1. The Labute approximate surface area is 823 Å². The number of nitrogen functional groups attached to an aromatic ring is 1. The lowest BCUT2D eigenvalue weighted by atomic mass is 9.98. The molecule has 0 bridgehead atoms. The van der Waals surface area contributed by atoms with Crippen molar-refractivity contribution >= 4 is 91.8 Å². The first-order chi connectivity index (χ1) is 67.5. The van der Waals surface area contributed by atoms with E-state index in [2.05, 4.69) is 97.1 Å². The molecule has 0 aliphatic rings. The van der Waals surface area contributed by atoms with Gasteiger partial charge in [-0.05, 0) is 182 Å². The number of carbonyl (C=O) groups excluding carboxylic acids is 4. The van der Waals surface area contributed by atoms with Gasteiger partial charge >= 0.3 is 49.2 Å². The summed E-state index contributed by atoms with van der Waals surface area (Å²) in [7, 11) is 0. The molecule has 0 fully saturated rings. The van der Waals surface area contributed by atoms with Gasteiger partial charge in [0.15, 0.2) is 20.0 Å². The smallest absolute Gasteiger partial charge is 0.416 e. The maximum absolute atomic E-state index is 13.6. The first-order valence-corrected chi connectivity index (χ1v) is 44.9. The van der Waals surface area contributed by atoms with Crippen LogP contribution in [0.4, 0.5) is 115 Å². The van der Waals surface area contributed by atoms with Crippen LogP contribution in [0.25, 0.3) is 42.8 Å². The maximum atomic E-state index is 13.6. The van der Waals surface area contributed by atoms with Crippen LogP contribution in [0.3, 0.4) is 0 Å². The summed E-state index contributed by atoms with van der Waals surface area (Å²) in [6.45, 7) is 15.8. The molecule has 2 unspecified atom stereocenters. The highest BCUT2D eigenvalue weighted by Gasteiger charge is 2.44. The topological polar surface area (TPSA) is 366 Å². The fraction of sp³-hybridized carbons (Fsp3) is 0.253. The number of amides is 3. The van der Waals surface area contributed by atoms with Crippen LogP contribution in [0.5, 0.6) is 0 Å². The van der Waals surface area contributed by atoms with E-state index in [-0.39, 0.29) is 85.4 Å². The van der Waals surface area contributed by atoms with Gasteiger partial charge in [0.05, 0.1) is 115 Å². The molecule has 0 aliphatic carbocycles. The molecule has 4 aromatic carbocycles. The first-order valence-electron chi connectivity index (χ1n) is 41.7. The van der Waals surface area contributed by atoms with E-state index in [0.717, 1.165) is 72.3 Å². The predicted molar refractivity (Wildman–Crippen MR) is 492 cm³/mol. The molecule has 0 saturated heterocycles. The normalized spacial score (nSPS) is 12.7. The molecule has 3 amide bonds. The standard InChI is InChI=1S/3C22H16F6N6OS.C14H16F3N3.C10H9N3O2S.CH4/c3*1-11-17(30-18(35)20-32-31-19(36-20)16-5-3-4-8-29-16)10-34(33-11)12(2)14-7-6-13(21(23,24)25)9-15(14)22(26,27)28;1-8-4-5-11(12(6-8)14(15,16)17)10(3)20-7-13(18)9(2)19-20;1-2-15-10(14)9-13-12-8(16-9)7-5-3-4-6-11-7;/h3*3-10,12H,1-2H3,(H,30,35);4-7,10H,18H2,1-3H3;3-6H,2H2,1H3;1H4/t2*12-;;;;/m10..../s1. The number of hydrogen-bond donors (Lipinski definition) is 4. The Hall–Kier alpha value is -15.2. The van der Waals surface area contributed by atoms with Crippen LogP contribution in [0.1, 0.15) is 195 Å². The molecule has 0 aliphatic heterocycles. The van der Waals surface area contributed by atoms with Crippen molar-refractivity contribution in [2.45, 2.75) is 144 Å². The van der Waals surface area contributed by atoms with Gasteiger partial charge in [-0.15, -0.1) is 40.8 Å². The number of rotatable bonds is 20. The Kier molecular flexibility index (Phi) is 34.3. The second-order valence-electron chi connectivity index (χ2n) is 30.8. The van der Waals surface area contributed by atoms with Gasteiger partial charge in [0.2, 0.25) is 20.0 Å². The first kappa shape index (κ1) is 110. The third kappa shape index (κ3) is 27.6. The van der Waals surface area contributed by atoms with Crippen molar-refractivity contribution in [2.24, 2.45) is 0 Å². The quantitative estimate of drug-likeness (QED) is 0.0407. The Bertz CT molecular complexity index is 6670. The van der Waals surface area contributed by atoms with E-state index in [1.807, 2.05) is 18.2 Å². The minimum atomic E-state index is -5.02. The number of nitrogens with two attached hydrogens (primary N) is 1. The zero-order chi connectivity index (χ0) is 105. The summed E-state index contributed by atoms with van der Waals surface area (Å²) >= 11 is 4.16. The van der Waals surface area contributed by atoms with Crippen molar-refractivity contribution in [2.75, 3.05) is 28.3 Å². The molecule has 0 radical (unpaired) electrons. The minimum absolute atomic E-state index is 0. The molecule has 145 heavy (non-hydrogen) atoms. The van der Waals surface area contributed by atoms with E-state index in [1.54, 1.807) is 119 Å². The molecule has 16 aromatic rings. The summed E-state index contributed by atoms with van der Waals surface area (Å²) in [6.07, 6.45) is -22.4. The van der Waals surface area contributed by atoms with Crippen LogP contribution >= 0.6 is 45.3 Å². The molecule has 762 valence electrons. The van der Waals surface area contributed by atoms with Gasteiger partial charge in [0, 0.05) is 49.6 Å². The van der Waals surface area contributed by atoms with Gasteiger partial charge in [-0.1, -0.05) is 113 Å². The van der Waals surface area contributed by atoms with Crippen molar-refractivity contribution < 1.29 is 116 Å². The second kappa shape index (κ2) is 45.2. The number of pyridine rings is 4. The van der Waals surface area contributed by atoms with Crippen molar-refractivity contribution in [1.82, 2.24) is 99.8 Å². The van der Waals surface area contributed by atoms with Crippen LogP contribution in [-0.2, 0) is 48.0 Å². The minimum Gasteiger partial charge on any atom is -0.461 e. The average molecular weight is 2110 g/mol. The van der Waals surface area contributed by atoms with Gasteiger partial charge < -0.3 is 26.4 Å². The number of ether oxygens (including phenoxy) is 1. The van der Waals surface area contributed by atoms with E-state index in [1.165, 1.54) is 82.2 Å². The Balaban J connectivity index is 0.000000177. The summed E-state index contributed by atoms with van der Waals surface area (Å²) in [5.74, 6) is -2.29. The van der Waals surface area contributed by atoms with Gasteiger partial charge in [-0.3, -0.25) is 53.0 Å². The second-order valence-corrected chi connectivity index (χ2v) is 34.7. The van der Waals surface area contributed by atoms with Crippen molar-refractivity contribution in [1.29, 1.82) is 0 Å². The molecular formula is C91H77F21N24O5S4. The number of alkyl halides is 21. The molecule has 12 heterocycles. The highest BCUT2D eigenvalue weighted by Crippen LogP contribution is 2.46. The largest absolute Gasteiger partial charge is 0.461 e. The lowest BCUT2D eigenvalue weighted by Crippen LogP contribution is -2.18. The summed E-state index contributed by atoms with van der Waals surface area (Å²) in [6, 6.07) is 25.9. The van der Waals surface area contributed by atoms with Gasteiger partial charge in [0.1, 0.15) is 22.8 Å². The van der Waals surface area contributed by atoms with E-state index in [0.29, 0.717) is 84.6 Å². The van der Waals surface area contributed by atoms with Crippen molar-refractivity contribution in [3.05, 3.63) is 305 Å². The Morgan fingerprint density at radius 2 is 0.593 bits per heavy atom. The molecule has 0 saturated carbocycles. The summed E-state index contributed by atoms with van der Waals surface area (Å²) in [5.41, 5.74) is 0.968. The molecule has 4 atom stereocenters. The van der Waals surface area contributed by atoms with E-state index < -0.39 is 147 Å². The molecule has 29 nitrogen and oxygen atoms in total. The highest BCUT2D eigenvalue weighted by molar-refractivity contribution is 7.17. The van der Waals surface area contributed by atoms with Gasteiger partial charge in [-0.25, -0.2) is 4.79 Å². The summed E-state index contributed by atoms with van der Waals surface area (Å²) < 4.78 is 288. The molecule has 5 N–H and O–H groups in total. The fourth-order valence-corrected chi connectivity index (χ4v) is 16.2. The lowest BCUT2D eigenvalue weighted by molar-refractivity contribution is -0.145. The Morgan fingerprint density at radius 1 is 0.338 bits per heavy atom. The number of nitrogens with zero attached hydrogens (tertiary/aromatic N) is 20. The number of anilines is 4. The van der Waals surface area contributed by atoms with Gasteiger partial charge in [0.25, 0.3) is 17.7 Å². The van der Waals surface area contributed by atoms with Crippen LogP contribution < -0.4 is 21.7 Å². The van der Waals surface area contributed by atoms with Gasteiger partial charge in [-0.2, -0.15) is 113 Å². The number of carbonyl (C=O) groups is 4.